The first-order valence-corrected chi connectivity index (χ1v) is 12.5. The molecule has 0 amide bonds. The van der Waals surface area contributed by atoms with Crippen molar-refractivity contribution >= 4 is 42.9 Å². The molecule has 2 aromatic rings. The van der Waals surface area contributed by atoms with E-state index in [1.54, 1.807) is 0 Å². The third-order valence-electron chi connectivity index (χ3n) is 2.32. The molecular weight excluding hydrogens is 450 g/mol. The Morgan fingerprint density at radius 2 is 1.50 bits per heavy atom. The number of imidazole rings is 1. The van der Waals surface area contributed by atoms with E-state index in [1.807, 2.05) is 34.6 Å². The van der Waals surface area contributed by atoms with Crippen molar-refractivity contribution < 1.29 is 0 Å². The van der Waals surface area contributed by atoms with Gasteiger partial charge < -0.3 is 4.40 Å². The average molecular weight is 474 g/mol. The van der Waals surface area contributed by atoms with Crippen LogP contribution >= 0.6 is 37.2 Å². The number of hydrogen-bond acceptors (Lipinski definition) is 1. The lowest BCUT2D eigenvalue weighted by atomic mass is 10.3. The Kier molecular flexibility index (Phi) is 13.9. The molecular formula is C14H24I2N2. The third-order valence-corrected chi connectivity index (χ3v) is 2.32. The molecule has 0 fully saturated rings. The number of hydrogen-bond donors (Lipinski definition) is 0. The Balaban J connectivity index is 0. The maximum Gasteiger partial charge on any atom is 0.140 e. The molecule has 2 nitrogen and oxygen atoms in total. The van der Waals surface area contributed by atoms with Crippen LogP contribution in [-0.2, 0) is 0 Å². The molecule has 0 radical (unpaired) electrons. The maximum absolute atomic E-state index is 4.48. The average Bonchev–Trinajstić information content (AvgIpc) is 2.75. The molecule has 18 heavy (non-hydrogen) atoms. The van der Waals surface area contributed by atoms with Gasteiger partial charge in [0.1, 0.15) is 5.65 Å². The van der Waals surface area contributed by atoms with Gasteiger partial charge in [0, 0.05) is 49.1 Å². The number of pyridine rings is 1. The van der Waals surface area contributed by atoms with Crippen LogP contribution in [0.25, 0.3) is 5.65 Å². The highest BCUT2D eigenvalue weighted by Crippen LogP contribution is 2.13. The van der Waals surface area contributed by atoms with Gasteiger partial charge in [-0.1, -0.05) is 33.8 Å². The third kappa shape index (κ3) is 5.42. The molecule has 0 aliphatic rings. The van der Waals surface area contributed by atoms with Crippen LogP contribution in [0, 0.1) is 20.8 Å². The van der Waals surface area contributed by atoms with E-state index in [0.29, 0.717) is 0 Å². The van der Waals surface area contributed by atoms with Gasteiger partial charge in [0.15, 0.2) is 0 Å². The molecule has 0 bridgehead atoms. The standard InChI is InChI=1S/C10H12N2.2C2H6.I2/c1-7-5-4-6-12-9(3)8(2)11-10(7)12;3*1-2/h4-6H,1-3H3;2*1-2H3;. The number of halogens is 2. The van der Waals surface area contributed by atoms with E-state index in [4.69, 9.17) is 0 Å². The number of aromatic nitrogens is 2. The minimum atomic E-state index is 1.08. The minimum absolute atomic E-state index is 1.08. The van der Waals surface area contributed by atoms with Crippen molar-refractivity contribution in [1.82, 2.24) is 9.38 Å². The van der Waals surface area contributed by atoms with E-state index in [0.717, 1.165) is 11.3 Å². The summed E-state index contributed by atoms with van der Waals surface area (Å²) in [5.41, 5.74) is 4.65. The molecule has 0 saturated heterocycles. The van der Waals surface area contributed by atoms with Crippen LogP contribution in [-0.4, -0.2) is 9.38 Å². The molecule has 4 heteroatoms. The lowest BCUT2D eigenvalue weighted by Crippen LogP contribution is -1.88. The summed E-state index contributed by atoms with van der Waals surface area (Å²) in [6.45, 7) is 14.2. The molecule has 104 valence electrons. The number of rotatable bonds is 0. The summed E-state index contributed by atoms with van der Waals surface area (Å²) in [5, 5.41) is 0. The second-order valence-electron chi connectivity index (χ2n) is 3.17. The topological polar surface area (TPSA) is 17.3 Å². The van der Waals surface area contributed by atoms with E-state index in [-0.39, 0.29) is 0 Å². The van der Waals surface area contributed by atoms with Gasteiger partial charge in [-0.2, -0.15) is 0 Å². The first-order chi connectivity index (χ1) is 8.70. The van der Waals surface area contributed by atoms with Crippen molar-refractivity contribution in [3.05, 3.63) is 35.3 Å². The van der Waals surface area contributed by atoms with Crippen molar-refractivity contribution in [2.45, 2.75) is 48.5 Å². The number of aryl methyl sites for hydroxylation is 3. The van der Waals surface area contributed by atoms with Crippen molar-refractivity contribution in [2.24, 2.45) is 0 Å². The fraction of sp³-hybridized carbons (Fsp3) is 0.500. The fourth-order valence-corrected chi connectivity index (χ4v) is 1.44. The minimum Gasteiger partial charge on any atom is -0.304 e. The van der Waals surface area contributed by atoms with Gasteiger partial charge in [0.05, 0.1) is 5.69 Å². The Labute approximate surface area is 135 Å². The van der Waals surface area contributed by atoms with Crippen LogP contribution in [0.2, 0.25) is 0 Å². The Morgan fingerprint density at radius 1 is 1.00 bits per heavy atom. The highest BCUT2D eigenvalue weighted by molar-refractivity contribution is 15.0. The van der Waals surface area contributed by atoms with E-state index < -0.39 is 0 Å². The van der Waals surface area contributed by atoms with Crippen LogP contribution in [0.5, 0.6) is 0 Å². The Bertz CT molecular complexity index is 437. The van der Waals surface area contributed by atoms with Gasteiger partial charge in [0.25, 0.3) is 0 Å². The quantitative estimate of drug-likeness (QED) is 0.423. The molecule has 2 aromatic heterocycles. The largest absolute Gasteiger partial charge is 0.304 e. The SMILES string of the molecule is CC.CC.Cc1nc2c(C)cccn2c1C.II. The summed E-state index contributed by atoms with van der Waals surface area (Å²) in [6.07, 6.45) is 2.05. The van der Waals surface area contributed by atoms with Crippen LogP contribution in [0.1, 0.15) is 44.6 Å². The summed E-state index contributed by atoms with van der Waals surface area (Å²) in [7, 11) is 0. The molecule has 0 aliphatic heterocycles. The first kappa shape index (κ1) is 20.5. The van der Waals surface area contributed by atoms with Crippen molar-refractivity contribution in [3.63, 3.8) is 0 Å². The smallest absolute Gasteiger partial charge is 0.140 e. The highest BCUT2D eigenvalue weighted by atomic mass is 128. The number of fused-ring (bicyclic) bond motifs is 1. The van der Waals surface area contributed by atoms with Gasteiger partial charge in [-0.3, -0.25) is 0 Å². The van der Waals surface area contributed by atoms with Crippen molar-refractivity contribution in [1.29, 1.82) is 0 Å². The Morgan fingerprint density at radius 3 is 1.94 bits per heavy atom. The lowest BCUT2D eigenvalue weighted by Gasteiger charge is -1.97. The molecule has 0 spiro atoms. The predicted octanol–water partition coefficient (Wildman–Crippen LogP) is 6.08. The summed E-state index contributed by atoms with van der Waals surface area (Å²) < 4.78 is 2.13. The first-order valence-electron chi connectivity index (χ1n) is 6.25. The molecule has 2 rings (SSSR count). The van der Waals surface area contributed by atoms with Gasteiger partial charge >= 0.3 is 0 Å². The molecule has 0 unspecified atom stereocenters. The summed E-state index contributed by atoms with van der Waals surface area (Å²) in [5.74, 6) is 0. The van der Waals surface area contributed by atoms with Gasteiger partial charge in [-0.05, 0) is 32.4 Å². The zero-order valence-electron chi connectivity index (χ0n) is 12.4. The zero-order valence-corrected chi connectivity index (χ0v) is 16.7. The van der Waals surface area contributed by atoms with Crippen LogP contribution in [0.4, 0.5) is 0 Å². The fourth-order valence-electron chi connectivity index (χ4n) is 1.44. The second kappa shape index (κ2) is 12.2. The molecule has 2 heterocycles. The van der Waals surface area contributed by atoms with E-state index in [9.17, 15) is 0 Å². The maximum atomic E-state index is 4.48. The normalized spacial score (nSPS) is 8.28. The van der Waals surface area contributed by atoms with Crippen LogP contribution in [0.15, 0.2) is 18.3 Å². The van der Waals surface area contributed by atoms with E-state index in [2.05, 4.69) is 78.8 Å². The summed E-state index contributed by atoms with van der Waals surface area (Å²) >= 11 is 4.24. The molecule has 0 atom stereocenters. The monoisotopic (exact) mass is 474 g/mol. The second-order valence-corrected chi connectivity index (χ2v) is 3.17. The van der Waals surface area contributed by atoms with Gasteiger partial charge in [-0.15, -0.1) is 0 Å². The molecule has 0 aromatic carbocycles. The van der Waals surface area contributed by atoms with E-state index in [1.165, 1.54) is 11.3 Å². The van der Waals surface area contributed by atoms with Gasteiger partial charge in [0.2, 0.25) is 0 Å². The molecule has 0 saturated carbocycles. The van der Waals surface area contributed by atoms with Crippen LogP contribution in [0.3, 0.4) is 0 Å². The summed E-state index contributed by atoms with van der Waals surface area (Å²) in [4.78, 5) is 4.48. The predicted molar refractivity (Wildman–Crippen MR) is 100 cm³/mol. The van der Waals surface area contributed by atoms with Crippen molar-refractivity contribution in [2.75, 3.05) is 0 Å². The Hall–Kier alpha value is 0.150. The highest BCUT2D eigenvalue weighted by Gasteiger charge is 2.04. The van der Waals surface area contributed by atoms with Crippen LogP contribution < -0.4 is 0 Å². The zero-order chi connectivity index (χ0) is 14.7. The molecule has 0 aliphatic carbocycles. The van der Waals surface area contributed by atoms with Gasteiger partial charge in [-0.25, -0.2) is 4.98 Å². The summed E-state index contributed by atoms with van der Waals surface area (Å²) in [6, 6.07) is 4.14. The lowest BCUT2D eigenvalue weighted by molar-refractivity contribution is 1.09. The van der Waals surface area contributed by atoms with E-state index >= 15 is 0 Å². The van der Waals surface area contributed by atoms with Crippen molar-refractivity contribution in [3.8, 4) is 0 Å². The number of nitrogens with zero attached hydrogens (tertiary/aromatic N) is 2. The molecule has 0 N–H and O–H groups in total.